The second-order valence-corrected chi connectivity index (χ2v) is 6.41. The molecule has 1 amide bonds. The van der Waals surface area contributed by atoms with Gasteiger partial charge < -0.3 is 10.1 Å². The minimum absolute atomic E-state index is 0.0979. The quantitative estimate of drug-likeness (QED) is 0.714. The first kappa shape index (κ1) is 21.4. The minimum Gasteiger partial charge on any atom is -0.406 e. The summed E-state index contributed by atoms with van der Waals surface area (Å²) in [6, 6.07) is 11.6. The maximum Gasteiger partial charge on any atom is 0.573 e. The number of alkyl halides is 3. The number of hydrogen-bond acceptors (Lipinski definition) is 4. The van der Waals surface area contributed by atoms with Crippen molar-refractivity contribution in [2.24, 2.45) is 0 Å². The number of nitrogens with zero attached hydrogens (tertiary/aromatic N) is 1. The lowest BCUT2D eigenvalue weighted by atomic mass is 10.1. The van der Waals surface area contributed by atoms with Gasteiger partial charge in [-0.1, -0.05) is 24.3 Å². The molecule has 0 spiro atoms. The molecular weight excluding hydrogens is 373 g/mol. The average Bonchev–Trinajstić information content (AvgIpc) is 2.61. The highest BCUT2D eigenvalue weighted by Gasteiger charge is 2.31. The van der Waals surface area contributed by atoms with Gasteiger partial charge in [0, 0.05) is 17.8 Å². The van der Waals surface area contributed by atoms with Crippen LogP contribution in [0.15, 0.2) is 48.5 Å². The van der Waals surface area contributed by atoms with Crippen LogP contribution < -0.4 is 10.1 Å². The SMILES string of the molecule is CC(=O)c1cccc(NC(=O)[C@H](C)N(C)Cc2ccc(OC(F)(F)F)cc2)c1. The summed E-state index contributed by atoms with van der Waals surface area (Å²) in [5, 5.41) is 2.76. The summed E-state index contributed by atoms with van der Waals surface area (Å²) in [5.41, 5.74) is 1.75. The van der Waals surface area contributed by atoms with Crippen LogP contribution in [0.25, 0.3) is 0 Å². The Morgan fingerprint density at radius 1 is 1.14 bits per heavy atom. The Balaban J connectivity index is 1.96. The molecule has 0 aliphatic rings. The summed E-state index contributed by atoms with van der Waals surface area (Å²) in [6.07, 6.45) is -4.73. The van der Waals surface area contributed by atoms with Crippen molar-refractivity contribution in [3.8, 4) is 5.75 Å². The lowest BCUT2D eigenvalue weighted by molar-refractivity contribution is -0.274. The van der Waals surface area contributed by atoms with E-state index in [0.29, 0.717) is 17.8 Å². The summed E-state index contributed by atoms with van der Waals surface area (Å²) >= 11 is 0. The third kappa shape index (κ3) is 6.38. The normalized spacial score (nSPS) is 12.5. The second-order valence-electron chi connectivity index (χ2n) is 6.41. The van der Waals surface area contributed by atoms with E-state index in [1.165, 1.54) is 31.2 Å². The van der Waals surface area contributed by atoms with E-state index >= 15 is 0 Å². The Morgan fingerprint density at radius 3 is 2.36 bits per heavy atom. The van der Waals surface area contributed by atoms with Crippen LogP contribution in [-0.4, -0.2) is 36.0 Å². The van der Waals surface area contributed by atoms with Crippen molar-refractivity contribution in [2.75, 3.05) is 12.4 Å². The number of likely N-dealkylation sites (N-methyl/N-ethyl adjacent to an activating group) is 1. The predicted molar refractivity (Wildman–Crippen MR) is 99.1 cm³/mol. The Bertz CT molecular complexity index is 835. The average molecular weight is 394 g/mol. The standard InChI is InChI=1S/C20H21F3N2O3/c1-13(19(27)24-17-6-4-5-16(11-17)14(2)26)25(3)12-15-7-9-18(10-8-15)28-20(21,22)23/h4-11,13H,12H2,1-3H3,(H,24,27)/t13-/m0/s1. The Morgan fingerprint density at radius 2 is 1.79 bits per heavy atom. The molecule has 2 aromatic rings. The van der Waals surface area contributed by atoms with E-state index in [2.05, 4.69) is 10.1 Å². The number of Topliss-reactive ketones (excluding diaryl/α,β-unsaturated/α-hetero) is 1. The topological polar surface area (TPSA) is 58.6 Å². The van der Waals surface area contributed by atoms with E-state index in [9.17, 15) is 22.8 Å². The maximum atomic E-state index is 12.5. The van der Waals surface area contributed by atoms with Crippen LogP contribution in [-0.2, 0) is 11.3 Å². The third-order valence-electron chi connectivity index (χ3n) is 4.17. The molecule has 0 saturated heterocycles. The summed E-state index contributed by atoms with van der Waals surface area (Å²) in [5.74, 6) is -0.658. The number of anilines is 1. The molecule has 0 aliphatic carbocycles. The van der Waals surface area contributed by atoms with Crippen LogP contribution in [0.4, 0.5) is 18.9 Å². The molecule has 1 N–H and O–H groups in total. The van der Waals surface area contributed by atoms with Crippen molar-refractivity contribution in [1.29, 1.82) is 0 Å². The van der Waals surface area contributed by atoms with Gasteiger partial charge in [-0.05, 0) is 50.7 Å². The molecule has 2 aromatic carbocycles. The molecule has 2 rings (SSSR count). The number of amides is 1. The number of carbonyl (C=O) groups is 2. The van der Waals surface area contributed by atoms with Crippen molar-refractivity contribution in [3.05, 3.63) is 59.7 Å². The number of ether oxygens (including phenoxy) is 1. The van der Waals surface area contributed by atoms with E-state index in [4.69, 9.17) is 0 Å². The number of halogens is 3. The van der Waals surface area contributed by atoms with Gasteiger partial charge in [0.15, 0.2) is 5.78 Å². The molecule has 0 aliphatic heterocycles. The molecule has 0 bridgehead atoms. The molecule has 0 radical (unpaired) electrons. The molecule has 0 saturated carbocycles. The molecule has 28 heavy (non-hydrogen) atoms. The van der Waals surface area contributed by atoms with Gasteiger partial charge in [-0.3, -0.25) is 14.5 Å². The highest BCUT2D eigenvalue weighted by atomic mass is 19.4. The van der Waals surface area contributed by atoms with Crippen molar-refractivity contribution in [1.82, 2.24) is 4.90 Å². The molecular formula is C20H21F3N2O3. The second kappa shape index (κ2) is 8.88. The van der Waals surface area contributed by atoms with Crippen LogP contribution in [0.2, 0.25) is 0 Å². The van der Waals surface area contributed by atoms with Gasteiger partial charge in [0.1, 0.15) is 5.75 Å². The Hall–Kier alpha value is -2.87. The highest BCUT2D eigenvalue weighted by molar-refractivity contribution is 5.98. The summed E-state index contributed by atoms with van der Waals surface area (Å²) in [7, 11) is 1.73. The number of carbonyl (C=O) groups excluding carboxylic acids is 2. The van der Waals surface area contributed by atoms with Crippen LogP contribution in [0.3, 0.4) is 0 Å². The van der Waals surface area contributed by atoms with Gasteiger partial charge in [0.2, 0.25) is 5.91 Å². The first-order valence-electron chi connectivity index (χ1n) is 8.52. The molecule has 5 nitrogen and oxygen atoms in total. The van der Waals surface area contributed by atoms with E-state index in [1.54, 1.807) is 43.1 Å². The van der Waals surface area contributed by atoms with Crippen LogP contribution in [0.1, 0.15) is 29.8 Å². The number of ketones is 1. The van der Waals surface area contributed by atoms with Crippen molar-refractivity contribution in [3.63, 3.8) is 0 Å². The lowest BCUT2D eigenvalue weighted by Crippen LogP contribution is -2.39. The van der Waals surface area contributed by atoms with Gasteiger partial charge in [-0.25, -0.2) is 0 Å². The van der Waals surface area contributed by atoms with Gasteiger partial charge in [0.25, 0.3) is 0 Å². The van der Waals surface area contributed by atoms with Crippen LogP contribution >= 0.6 is 0 Å². The third-order valence-corrected chi connectivity index (χ3v) is 4.17. The lowest BCUT2D eigenvalue weighted by Gasteiger charge is -2.24. The first-order valence-corrected chi connectivity index (χ1v) is 8.52. The fourth-order valence-electron chi connectivity index (χ4n) is 2.48. The fraction of sp³-hybridized carbons (Fsp3) is 0.300. The Kier molecular flexibility index (Phi) is 6.80. The van der Waals surface area contributed by atoms with Gasteiger partial charge in [0.05, 0.1) is 6.04 Å². The number of nitrogens with one attached hydrogen (secondary N) is 1. The summed E-state index contributed by atoms with van der Waals surface area (Å²) < 4.78 is 40.4. The van der Waals surface area contributed by atoms with Gasteiger partial charge >= 0.3 is 6.36 Å². The molecule has 0 unspecified atom stereocenters. The largest absolute Gasteiger partial charge is 0.573 e. The Labute approximate surface area is 161 Å². The summed E-state index contributed by atoms with van der Waals surface area (Å²) in [4.78, 5) is 25.6. The van der Waals surface area contributed by atoms with E-state index < -0.39 is 12.4 Å². The predicted octanol–water partition coefficient (Wildman–Crippen LogP) is 4.25. The molecule has 1 atom stereocenters. The zero-order valence-corrected chi connectivity index (χ0v) is 15.7. The van der Waals surface area contributed by atoms with E-state index in [-0.39, 0.29) is 17.4 Å². The smallest absolute Gasteiger partial charge is 0.406 e. The number of rotatable bonds is 7. The summed E-state index contributed by atoms with van der Waals surface area (Å²) in [6.45, 7) is 3.52. The number of benzene rings is 2. The van der Waals surface area contributed by atoms with Crippen LogP contribution in [0, 0.1) is 0 Å². The van der Waals surface area contributed by atoms with Crippen molar-refractivity contribution < 1.29 is 27.5 Å². The minimum atomic E-state index is -4.73. The maximum absolute atomic E-state index is 12.5. The van der Waals surface area contributed by atoms with Crippen molar-refractivity contribution in [2.45, 2.75) is 32.8 Å². The van der Waals surface area contributed by atoms with Crippen LogP contribution in [0.5, 0.6) is 5.75 Å². The molecule has 0 fully saturated rings. The van der Waals surface area contributed by atoms with E-state index in [0.717, 1.165) is 5.56 Å². The first-order chi connectivity index (χ1) is 13.0. The van der Waals surface area contributed by atoms with Gasteiger partial charge in [-0.15, -0.1) is 13.2 Å². The molecule has 8 heteroatoms. The van der Waals surface area contributed by atoms with Crippen molar-refractivity contribution >= 4 is 17.4 Å². The van der Waals surface area contributed by atoms with Gasteiger partial charge in [-0.2, -0.15) is 0 Å². The zero-order chi connectivity index (χ0) is 20.9. The molecule has 0 aromatic heterocycles. The number of hydrogen-bond donors (Lipinski definition) is 1. The highest BCUT2D eigenvalue weighted by Crippen LogP contribution is 2.23. The van der Waals surface area contributed by atoms with E-state index in [1.807, 2.05) is 0 Å². The zero-order valence-electron chi connectivity index (χ0n) is 15.7. The monoisotopic (exact) mass is 394 g/mol. The molecule has 150 valence electrons. The fourth-order valence-corrected chi connectivity index (χ4v) is 2.48. The molecule has 0 heterocycles.